The van der Waals surface area contributed by atoms with Gasteiger partial charge in [-0.1, -0.05) is 0 Å². The van der Waals surface area contributed by atoms with Crippen LogP contribution in [0, 0.1) is 0 Å². The van der Waals surface area contributed by atoms with Crippen molar-refractivity contribution in [1.29, 1.82) is 0 Å². The van der Waals surface area contributed by atoms with Crippen molar-refractivity contribution >= 4 is 0 Å². The highest BCUT2D eigenvalue weighted by molar-refractivity contribution is 5.21. The Hall–Kier alpha value is -1.91. The molecule has 3 rings (SSSR count). The van der Waals surface area contributed by atoms with Gasteiger partial charge in [0.2, 0.25) is 0 Å². The van der Waals surface area contributed by atoms with Gasteiger partial charge in [0.1, 0.15) is 5.82 Å². The molecule has 0 aliphatic heterocycles. The van der Waals surface area contributed by atoms with Crippen LogP contribution < -0.4 is 5.56 Å². The van der Waals surface area contributed by atoms with E-state index in [4.69, 9.17) is 0 Å². The van der Waals surface area contributed by atoms with E-state index in [1.165, 1.54) is 6.07 Å². The van der Waals surface area contributed by atoms with Crippen LogP contribution in [-0.2, 0) is 0 Å². The summed E-state index contributed by atoms with van der Waals surface area (Å²) in [4.78, 5) is 18.5. The number of aromatic amines is 1. The molecule has 15 heavy (non-hydrogen) atoms. The molecular weight excluding hydrogens is 192 g/mol. The summed E-state index contributed by atoms with van der Waals surface area (Å²) in [5, 5.41) is 4.05. The number of hydrogen-bond donors (Lipinski definition) is 1. The molecule has 0 amide bonds. The lowest BCUT2D eigenvalue weighted by molar-refractivity contribution is 0.802. The van der Waals surface area contributed by atoms with Gasteiger partial charge in [-0.2, -0.15) is 5.10 Å². The van der Waals surface area contributed by atoms with Crippen LogP contribution in [0.3, 0.4) is 0 Å². The van der Waals surface area contributed by atoms with E-state index in [0.717, 1.165) is 18.7 Å². The first-order valence-corrected chi connectivity index (χ1v) is 4.94. The summed E-state index contributed by atoms with van der Waals surface area (Å²) in [7, 11) is 0. The Morgan fingerprint density at radius 1 is 1.47 bits per heavy atom. The third-order valence-electron chi connectivity index (χ3n) is 2.45. The highest BCUT2D eigenvalue weighted by atomic mass is 16.1. The lowest BCUT2D eigenvalue weighted by Crippen LogP contribution is -2.13. The molecule has 2 heterocycles. The minimum atomic E-state index is -0.114. The fraction of sp³-hybridized carbons (Fsp3) is 0.300. The SMILES string of the molecule is O=c1cc(-n2cccn2)nc(C2CC2)[nH]1. The molecule has 0 unspecified atom stereocenters. The molecule has 2 aromatic heterocycles. The second kappa shape index (κ2) is 3.05. The van der Waals surface area contributed by atoms with E-state index in [-0.39, 0.29) is 5.56 Å². The van der Waals surface area contributed by atoms with E-state index in [9.17, 15) is 4.79 Å². The maximum atomic E-state index is 11.4. The molecule has 0 bridgehead atoms. The summed E-state index contributed by atoms with van der Waals surface area (Å²) in [6, 6.07) is 3.26. The Kier molecular flexibility index (Phi) is 1.71. The smallest absolute Gasteiger partial charge is 0.253 e. The minimum Gasteiger partial charge on any atom is -0.310 e. The summed E-state index contributed by atoms with van der Waals surface area (Å²) < 4.78 is 1.60. The lowest BCUT2D eigenvalue weighted by Gasteiger charge is -2.02. The third kappa shape index (κ3) is 1.56. The first-order valence-electron chi connectivity index (χ1n) is 4.94. The number of nitrogens with one attached hydrogen (secondary N) is 1. The van der Waals surface area contributed by atoms with Crippen LogP contribution in [0.25, 0.3) is 5.82 Å². The fourth-order valence-electron chi connectivity index (χ4n) is 1.54. The Bertz CT molecular complexity index is 525. The monoisotopic (exact) mass is 202 g/mol. The zero-order chi connectivity index (χ0) is 10.3. The van der Waals surface area contributed by atoms with Crippen molar-refractivity contribution in [3.63, 3.8) is 0 Å². The summed E-state index contributed by atoms with van der Waals surface area (Å²) in [6.45, 7) is 0. The highest BCUT2D eigenvalue weighted by Gasteiger charge is 2.26. The van der Waals surface area contributed by atoms with Crippen molar-refractivity contribution < 1.29 is 0 Å². The first kappa shape index (κ1) is 8.40. The number of aromatic nitrogens is 4. The van der Waals surface area contributed by atoms with Crippen LogP contribution in [0.4, 0.5) is 0 Å². The Balaban J connectivity index is 2.11. The van der Waals surface area contributed by atoms with Gasteiger partial charge < -0.3 is 4.98 Å². The van der Waals surface area contributed by atoms with Gasteiger partial charge in [-0.15, -0.1) is 0 Å². The van der Waals surface area contributed by atoms with Crippen molar-refractivity contribution in [2.24, 2.45) is 0 Å². The average molecular weight is 202 g/mol. The maximum Gasteiger partial charge on any atom is 0.253 e. The van der Waals surface area contributed by atoms with Crippen molar-refractivity contribution in [3.8, 4) is 5.82 Å². The number of rotatable bonds is 2. The predicted octanol–water partition coefficient (Wildman–Crippen LogP) is 0.833. The molecule has 1 saturated carbocycles. The van der Waals surface area contributed by atoms with Crippen molar-refractivity contribution in [2.75, 3.05) is 0 Å². The number of hydrogen-bond acceptors (Lipinski definition) is 3. The third-order valence-corrected chi connectivity index (χ3v) is 2.45. The molecule has 5 nitrogen and oxygen atoms in total. The summed E-state index contributed by atoms with van der Waals surface area (Å²) >= 11 is 0. The summed E-state index contributed by atoms with van der Waals surface area (Å²) in [5.74, 6) is 1.81. The molecule has 0 radical (unpaired) electrons. The normalized spacial score (nSPS) is 15.5. The van der Waals surface area contributed by atoms with Crippen LogP contribution in [-0.4, -0.2) is 19.7 Å². The van der Waals surface area contributed by atoms with Crippen LogP contribution in [0.15, 0.2) is 29.3 Å². The molecule has 5 heteroatoms. The average Bonchev–Trinajstić information content (AvgIpc) is 2.93. The summed E-state index contributed by atoms with van der Waals surface area (Å²) in [6.07, 6.45) is 5.68. The lowest BCUT2D eigenvalue weighted by atomic mass is 10.4. The molecule has 76 valence electrons. The van der Waals surface area contributed by atoms with Crippen molar-refractivity contribution in [1.82, 2.24) is 19.7 Å². The van der Waals surface area contributed by atoms with Crippen LogP contribution >= 0.6 is 0 Å². The minimum absolute atomic E-state index is 0.114. The maximum absolute atomic E-state index is 11.4. The van der Waals surface area contributed by atoms with Gasteiger partial charge in [0.15, 0.2) is 5.82 Å². The van der Waals surface area contributed by atoms with E-state index < -0.39 is 0 Å². The van der Waals surface area contributed by atoms with Crippen molar-refractivity contribution in [2.45, 2.75) is 18.8 Å². The number of H-pyrrole nitrogens is 1. The Morgan fingerprint density at radius 3 is 3.00 bits per heavy atom. The predicted molar refractivity (Wildman–Crippen MR) is 54.0 cm³/mol. The van der Waals surface area contributed by atoms with E-state index in [2.05, 4.69) is 15.1 Å². The molecule has 2 aromatic rings. The highest BCUT2D eigenvalue weighted by Crippen LogP contribution is 2.37. The number of nitrogens with zero attached hydrogens (tertiary/aromatic N) is 3. The van der Waals surface area contributed by atoms with Gasteiger partial charge in [-0.05, 0) is 18.9 Å². The quantitative estimate of drug-likeness (QED) is 0.784. The topological polar surface area (TPSA) is 63.6 Å². The largest absolute Gasteiger partial charge is 0.310 e. The van der Waals surface area contributed by atoms with Crippen LogP contribution in [0.2, 0.25) is 0 Å². The molecule has 1 N–H and O–H groups in total. The molecule has 0 aromatic carbocycles. The summed E-state index contributed by atoms with van der Waals surface area (Å²) in [5.41, 5.74) is -0.114. The first-order chi connectivity index (χ1) is 7.33. The van der Waals surface area contributed by atoms with E-state index in [1.807, 2.05) is 0 Å². The standard InChI is InChI=1S/C10H10N4O/c15-9-6-8(14-5-1-4-11-14)12-10(13-9)7-2-3-7/h1,4-7H,2-3H2,(H,12,13,15). The van der Waals surface area contributed by atoms with E-state index >= 15 is 0 Å². The Morgan fingerprint density at radius 2 is 2.33 bits per heavy atom. The Labute approximate surface area is 85.8 Å². The van der Waals surface area contributed by atoms with E-state index in [1.54, 1.807) is 23.1 Å². The van der Waals surface area contributed by atoms with E-state index in [0.29, 0.717) is 11.7 Å². The van der Waals surface area contributed by atoms with Gasteiger partial charge in [0.05, 0.1) is 0 Å². The van der Waals surface area contributed by atoms with Crippen LogP contribution in [0.5, 0.6) is 0 Å². The molecular formula is C10H10N4O. The zero-order valence-electron chi connectivity index (χ0n) is 8.05. The molecule has 0 saturated heterocycles. The van der Waals surface area contributed by atoms with Gasteiger partial charge in [0.25, 0.3) is 5.56 Å². The molecule has 1 aliphatic carbocycles. The van der Waals surface area contributed by atoms with Crippen LogP contribution in [0.1, 0.15) is 24.6 Å². The van der Waals surface area contributed by atoms with Crippen molar-refractivity contribution in [3.05, 3.63) is 40.7 Å². The molecule has 1 aliphatic rings. The second-order valence-electron chi connectivity index (χ2n) is 3.71. The zero-order valence-corrected chi connectivity index (χ0v) is 8.05. The molecule has 0 atom stereocenters. The van der Waals surface area contributed by atoms with Gasteiger partial charge in [0, 0.05) is 24.4 Å². The fourth-order valence-corrected chi connectivity index (χ4v) is 1.54. The molecule has 0 spiro atoms. The van der Waals surface area contributed by atoms with Gasteiger partial charge >= 0.3 is 0 Å². The molecule has 1 fully saturated rings. The van der Waals surface area contributed by atoms with Gasteiger partial charge in [-0.25, -0.2) is 9.67 Å². The second-order valence-corrected chi connectivity index (χ2v) is 3.71. The van der Waals surface area contributed by atoms with Gasteiger partial charge in [-0.3, -0.25) is 4.79 Å².